The van der Waals surface area contributed by atoms with Gasteiger partial charge in [-0.2, -0.15) is 5.10 Å². The number of benzene rings is 1. The maximum Gasteiger partial charge on any atom is 0.307 e. The molecule has 1 amide bonds. The number of nitrogens with zero attached hydrogens (tertiary/aromatic N) is 6. The summed E-state index contributed by atoms with van der Waals surface area (Å²) in [5.41, 5.74) is 0.895. The van der Waals surface area contributed by atoms with E-state index in [1.54, 1.807) is 11.6 Å². The van der Waals surface area contributed by atoms with Crippen LogP contribution in [0.15, 0.2) is 49.1 Å². The number of nitrogens with one attached hydrogen (secondary N) is 1. The van der Waals surface area contributed by atoms with Gasteiger partial charge in [0.2, 0.25) is 5.95 Å². The van der Waals surface area contributed by atoms with Crippen LogP contribution < -0.4 is 5.32 Å². The van der Waals surface area contributed by atoms with Crippen molar-refractivity contribution in [2.45, 2.75) is 25.9 Å². The third-order valence-electron chi connectivity index (χ3n) is 3.77. The molecule has 3 aromatic rings. The van der Waals surface area contributed by atoms with Crippen LogP contribution in [0.4, 0.5) is 11.6 Å². The quantitative estimate of drug-likeness (QED) is 0.511. The molecule has 0 aliphatic heterocycles. The highest BCUT2D eigenvalue weighted by molar-refractivity contribution is 5.92. The Morgan fingerprint density at radius 3 is 2.77 bits per heavy atom. The van der Waals surface area contributed by atoms with Gasteiger partial charge in [-0.3, -0.25) is 24.9 Å². The number of carbonyl (C=O) groups excluding carboxylic acids is 1. The Kier molecular flexibility index (Phi) is 5.02. The second-order valence-corrected chi connectivity index (χ2v) is 5.60. The highest BCUT2D eigenvalue weighted by Crippen LogP contribution is 2.17. The number of hydrogen-bond donors (Lipinski definition) is 1. The molecule has 10 nitrogen and oxygen atoms in total. The maximum atomic E-state index is 12.5. The summed E-state index contributed by atoms with van der Waals surface area (Å²) in [5, 5.41) is 21.5. The van der Waals surface area contributed by atoms with E-state index in [9.17, 15) is 14.9 Å². The number of rotatable bonds is 7. The minimum Gasteiger partial charge on any atom is -0.291 e. The van der Waals surface area contributed by atoms with E-state index in [0.717, 1.165) is 11.8 Å². The molecule has 10 heteroatoms. The van der Waals surface area contributed by atoms with Crippen molar-refractivity contribution in [2.24, 2.45) is 0 Å². The van der Waals surface area contributed by atoms with E-state index in [1.165, 1.54) is 17.2 Å². The number of carbonyl (C=O) groups is 1. The molecule has 1 atom stereocenters. The van der Waals surface area contributed by atoms with Crippen LogP contribution in [0.1, 0.15) is 24.9 Å². The summed E-state index contributed by atoms with van der Waals surface area (Å²) in [5.74, 6) is -0.214. The molecule has 2 heterocycles. The van der Waals surface area contributed by atoms with Crippen molar-refractivity contribution < 1.29 is 9.72 Å². The first-order chi connectivity index (χ1) is 12.6. The zero-order valence-corrected chi connectivity index (χ0v) is 14.0. The fourth-order valence-corrected chi connectivity index (χ4v) is 2.48. The first kappa shape index (κ1) is 17.3. The molecule has 2 aromatic heterocycles. The van der Waals surface area contributed by atoms with Crippen molar-refractivity contribution in [1.82, 2.24) is 24.5 Å². The lowest BCUT2D eigenvalue weighted by molar-refractivity contribution is -0.385. The van der Waals surface area contributed by atoms with Crippen LogP contribution in [0.3, 0.4) is 0 Å². The highest BCUT2D eigenvalue weighted by Gasteiger charge is 2.23. The Hall–Kier alpha value is -3.56. The third kappa shape index (κ3) is 3.91. The van der Waals surface area contributed by atoms with Gasteiger partial charge in [0.15, 0.2) is 0 Å². The SMILES string of the molecule is CCC(C(=O)Nc1ncn(Cc2ccccc2)n1)n1cc([N+](=O)[O-])cn1. The number of nitro groups is 1. The summed E-state index contributed by atoms with van der Waals surface area (Å²) < 4.78 is 2.89. The van der Waals surface area contributed by atoms with E-state index in [4.69, 9.17) is 0 Å². The summed E-state index contributed by atoms with van der Waals surface area (Å²) in [6.45, 7) is 2.32. The second-order valence-electron chi connectivity index (χ2n) is 5.60. The second kappa shape index (κ2) is 7.55. The smallest absolute Gasteiger partial charge is 0.291 e. The monoisotopic (exact) mass is 355 g/mol. The van der Waals surface area contributed by atoms with E-state index in [2.05, 4.69) is 20.5 Å². The third-order valence-corrected chi connectivity index (χ3v) is 3.77. The lowest BCUT2D eigenvalue weighted by atomic mass is 10.2. The van der Waals surface area contributed by atoms with E-state index in [-0.39, 0.29) is 17.5 Å². The van der Waals surface area contributed by atoms with Crippen LogP contribution in [0.25, 0.3) is 0 Å². The molecule has 0 spiro atoms. The van der Waals surface area contributed by atoms with Crippen molar-refractivity contribution in [2.75, 3.05) is 5.32 Å². The van der Waals surface area contributed by atoms with Gasteiger partial charge in [0, 0.05) is 0 Å². The van der Waals surface area contributed by atoms with E-state index >= 15 is 0 Å². The molecule has 1 aromatic carbocycles. The number of hydrogen-bond acceptors (Lipinski definition) is 6. The van der Waals surface area contributed by atoms with Crippen LogP contribution in [0.2, 0.25) is 0 Å². The normalized spacial score (nSPS) is 11.9. The topological polar surface area (TPSA) is 121 Å². The van der Waals surface area contributed by atoms with Gasteiger partial charge in [-0.1, -0.05) is 37.3 Å². The van der Waals surface area contributed by atoms with Crippen molar-refractivity contribution in [3.05, 3.63) is 64.7 Å². The Labute approximate surface area is 148 Å². The Morgan fingerprint density at radius 2 is 2.12 bits per heavy atom. The fourth-order valence-electron chi connectivity index (χ4n) is 2.48. The standard InChI is InChI=1S/C16H17N7O3/c1-2-14(22-10-13(8-18-22)23(25)26)15(24)19-16-17-11-21(20-16)9-12-6-4-3-5-7-12/h3-8,10-11,14H,2,9H2,1H3,(H,19,20,24). The Morgan fingerprint density at radius 1 is 1.35 bits per heavy atom. The van der Waals surface area contributed by atoms with Crippen molar-refractivity contribution in [3.8, 4) is 0 Å². The molecule has 0 aliphatic rings. The molecule has 0 bridgehead atoms. The van der Waals surface area contributed by atoms with Gasteiger partial charge in [-0.25, -0.2) is 9.67 Å². The van der Waals surface area contributed by atoms with Gasteiger partial charge >= 0.3 is 5.69 Å². The van der Waals surface area contributed by atoms with E-state index in [0.29, 0.717) is 13.0 Å². The lowest BCUT2D eigenvalue weighted by Crippen LogP contribution is -2.26. The highest BCUT2D eigenvalue weighted by atomic mass is 16.6. The summed E-state index contributed by atoms with van der Waals surface area (Å²) in [6.07, 6.45) is 4.29. The van der Waals surface area contributed by atoms with E-state index < -0.39 is 11.0 Å². The molecule has 1 unspecified atom stereocenters. The van der Waals surface area contributed by atoms with E-state index in [1.807, 2.05) is 30.3 Å². The predicted molar refractivity (Wildman–Crippen MR) is 92.4 cm³/mol. The zero-order chi connectivity index (χ0) is 18.5. The van der Waals surface area contributed by atoms with Crippen LogP contribution in [-0.2, 0) is 11.3 Å². The van der Waals surface area contributed by atoms with Gasteiger partial charge in [-0.15, -0.1) is 5.10 Å². The molecule has 0 saturated carbocycles. The molecule has 0 aliphatic carbocycles. The predicted octanol–water partition coefficient (Wildman–Crippen LogP) is 2.02. The molecule has 0 saturated heterocycles. The van der Waals surface area contributed by atoms with Gasteiger partial charge in [0.1, 0.15) is 24.8 Å². The molecule has 1 N–H and O–H groups in total. The maximum absolute atomic E-state index is 12.5. The molecule has 3 rings (SSSR count). The van der Waals surface area contributed by atoms with Crippen molar-refractivity contribution >= 4 is 17.5 Å². The average Bonchev–Trinajstić information content (AvgIpc) is 3.27. The summed E-state index contributed by atoms with van der Waals surface area (Å²) in [4.78, 5) is 26.8. The Balaban J connectivity index is 1.67. The number of anilines is 1. The molecule has 134 valence electrons. The number of amides is 1. The average molecular weight is 355 g/mol. The minimum atomic E-state index is -0.690. The van der Waals surface area contributed by atoms with Crippen LogP contribution in [0.5, 0.6) is 0 Å². The minimum absolute atomic E-state index is 0.165. The van der Waals surface area contributed by atoms with Crippen LogP contribution in [-0.4, -0.2) is 35.4 Å². The number of aromatic nitrogens is 5. The van der Waals surface area contributed by atoms with Gasteiger partial charge in [-0.05, 0) is 12.0 Å². The summed E-state index contributed by atoms with van der Waals surface area (Å²) in [6, 6.07) is 9.05. The lowest BCUT2D eigenvalue weighted by Gasteiger charge is -2.13. The van der Waals surface area contributed by atoms with Crippen molar-refractivity contribution in [1.29, 1.82) is 0 Å². The van der Waals surface area contributed by atoms with Gasteiger partial charge in [0.25, 0.3) is 5.91 Å². The van der Waals surface area contributed by atoms with Crippen LogP contribution >= 0.6 is 0 Å². The summed E-state index contributed by atoms with van der Waals surface area (Å²) in [7, 11) is 0. The zero-order valence-electron chi connectivity index (χ0n) is 14.0. The first-order valence-electron chi connectivity index (χ1n) is 7.99. The van der Waals surface area contributed by atoms with Gasteiger partial charge < -0.3 is 0 Å². The largest absolute Gasteiger partial charge is 0.307 e. The molecule has 26 heavy (non-hydrogen) atoms. The summed E-state index contributed by atoms with van der Waals surface area (Å²) >= 11 is 0. The fraction of sp³-hybridized carbons (Fsp3) is 0.250. The molecular formula is C16H17N7O3. The van der Waals surface area contributed by atoms with Crippen molar-refractivity contribution in [3.63, 3.8) is 0 Å². The Bertz CT molecular complexity index is 903. The van der Waals surface area contributed by atoms with Gasteiger partial charge in [0.05, 0.1) is 11.5 Å². The van der Waals surface area contributed by atoms with Crippen LogP contribution in [0, 0.1) is 10.1 Å². The molecular weight excluding hydrogens is 338 g/mol. The first-order valence-corrected chi connectivity index (χ1v) is 7.99. The molecule has 0 fully saturated rings. The molecule has 0 radical (unpaired) electrons.